The van der Waals surface area contributed by atoms with E-state index in [1.165, 1.54) is 51.7 Å². The maximum atomic E-state index is 14.8. The average molecular weight is 366 g/mol. The fourth-order valence-corrected chi connectivity index (χ4v) is 6.01. The fraction of sp³-hybridized carbons (Fsp3) is 1.00. The van der Waals surface area contributed by atoms with Crippen LogP contribution >= 0.6 is 0 Å². The minimum absolute atomic E-state index is 0.483. The van der Waals surface area contributed by atoms with Crippen LogP contribution in [-0.2, 0) is 0 Å². The topological polar surface area (TPSA) is 9.72 Å². The largest absolute Gasteiger partial charge is 0.303 e. The number of nitrogens with zero attached hydrogens (tertiary/aromatic N) is 3. The van der Waals surface area contributed by atoms with Crippen LogP contribution < -0.4 is 0 Å². The minimum Gasteiger partial charge on any atom is -0.303 e. The summed E-state index contributed by atoms with van der Waals surface area (Å²) in [6.07, 6.45) is 6.98. The standard InChI is InChI=1S/C22H40FN3/c1-18(2)11-20(5-6-20)12-24-9-7-21(8-10-24)13-25(14-21)15-22(23)16-26(17-22)19(3)4/h18-19H,5-17H2,1-4H3. The van der Waals surface area contributed by atoms with Crippen LogP contribution in [-0.4, -0.2) is 78.8 Å². The molecule has 0 amide bonds. The van der Waals surface area contributed by atoms with Crippen LogP contribution in [0.2, 0.25) is 0 Å². The molecule has 1 saturated carbocycles. The van der Waals surface area contributed by atoms with E-state index in [1.807, 2.05) is 0 Å². The lowest BCUT2D eigenvalue weighted by molar-refractivity contribution is -0.116. The molecule has 3 heterocycles. The lowest BCUT2D eigenvalue weighted by atomic mass is 9.71. The summed E-state index contributed by atoms with van der Waals surface area (Å²) in [5, 5.41) is 0. The first-order chi connectivity index (χ1) is 12.2. The molecule has 0 radical (unpaired) electrons. The molecule has 0 aromatic heterocycles. The summed E-state index contributed by atoms with van der Waals surface area (Å²) in [4.78, 5) is 7.39. The van der Waals surface area contributed by atoms with Gasteiger partial charge in [-0.25, -0.2) is 4.39 Å². The van der Waals surface area contributed by atoms with Gasteiger partial charge in [0.15, 0.2) is 0 Å². The number of likely N-dealkylation sites (tertiary alicyclic amines) is 3. The van der Waals surface area contributed by atoms with Crippen molar-refractivity contribution in [3.63, 3.8) is 0 Å². The Morgan fingerprint density at radius 3 is 1.92 bits per heavy atom. The second kappa shape index (κ2) is 6.70. The normalized spacial score (nSPS) is 30.6. The molecule has 4 fully saturated rings. The van der Waals surface area contributed by atoms with Gasteiger partial charge in [-0.15, -0.1) is 0 Å². The lowest BCUT2D eigenvalue weighted by Crippen LogP contribution is -2.69. The smallest absolute Gasteiger partial charge is 0.148 e. The van der Waals surface area contributed by atoms with Gasteiger partial charge >= 0.3 is 0 Å². The number of hydrogen-bond acceptors (Lipinski definition) is 3. The summed E-state index contributed by atoms with van der Waals surface area (Å²) in [6.45, 7) is 17.2. The summed E-state index contributed by atoms with van der Waals surface area (Å²) in [6, 6.07) is 0.483. The summed E-state index contributed by atoms with van der Waals surface area (Å²) >= 11 is 0. The van der Waals surface area contributed by atoms with Crippen molar-refractivity contribution in [2.45, 2.75) is 71.5 Å². The molecule has 4 heteroatoms. The third kappa shape index (κ3) is 3.98. The number of hydrogen-bond donors (Lipinski definition) is 0. The van der Waals surface area contributed by atoms with E-state index in [0.29, 0.717) is 36.5 Å². The Morgan fingerprint density at radius 1 is 0.808 bits per heavy atom. The Labute approximate surface area is 160 Å². The average Bonchev–Trinajstić information content (AvgIpc) is 3.23. The molecular formula is C22H40FN3. The van der Waals surface area contributed by atoms with Crippen molar-refractivity contribution in [1.29, 1.82) is 0 Å². The van der Waals surface area contributed by atoms with E-state index in [-0.39, 0.29) is 0 Å². The predicted molar refractivity (Wildman–Crippen MR) is 106 cm³/mol. The molecule has 4 rings (SSSR count). The zero-order valence-corrected chi connectivity index (χ0v) is 17.6. The van der Waals surface area contributed by atoms with Crippen molar-refractivity contribution in [2.75, 3.05) is 52.4 Å². The summed E-state index contributed by atoms with van der Waals surface area (Å²) in [5.41, 5.74) is 0.238. The zero-order valence-electron chi connectivity index (χ0n) is 17.6. The van der Waals surface area contributed by atoms with Crippen molar-refractivity contribution >= 4 is 0 Å². The molecule has 4 aliphatic rings. The van der Waals surface area contributed by atoms with Crippen molar-refractivity contribution in [1.82, 2.24) is 14.7 Å². The van der Waals surface area contributed by atoms with Crippen LogP contribution in [0.4, 0.5) is 4.39 Å². The summed E-state index contributed by atoms with van der Waals surface area (Å²) in [7, 11) is 0. The van der Waals surface area contributed by atoms with Gasteiger partial charge in [-0.3, -0.25) is 9.80 Å². The molecule has 3 saturated heterocycles. The van der Waals surface area contributed by atoms with E-state index in [9.17, 15) is 4.39 Å². The van der Waals surface area contributed by atoms with Crippen LogP contribution in [0.1, 0.15) is 59.8 Å². The quantitative estimate of drug-likeness (QED) is 0.682. The van der Waals surface area contributed by atoms with Crippen LogP contribution in [0.3, 0.4) is 0 Å². The molecule has 0 aromatic carbocycles. The third-order valence-electron chi connectivity index (χ3n) is 7.60. The molecule has 26 heavy (non-hydrogen) atoms. The SMILES string of the molecule is CC(C)CC1(CN2CCC3(CC2)CN(CC2(F)CN(C(C)C)C2)C3)CC1. The first-order valence-corrected chi connectivity index (χ1v) is 11.1. The van der Waals surface area contributed by atoms with E-state index < -0.39 is 5.67 Å². The van der Waals surface area contributed by atoms with Gasteiger partial charge < -0.3 is 4.90 Å². The summed E-state index contributed by atoms with van der Waals surface area (Å²) < 4.78 is 14.8. The first kappa shape index (κ1) is 19.1. The first-order valence-electron chi connectivity index (χ1n) is 11.1. The van der Waals surface area contributed by atoms with E-state index in [2.05, 4.69) is 42.4 Å². The van der Waals surface area contributed by atoms with Crippen molar-refractivity contribution in [3.05, 3.63) is 0 Å². The highest BCUT2D eigenvalue weighted by atomic mass is 19.1. The molecule has 0 bridgehead atoms. The van der Waals surface area contributed by atoms with Gasteiger partial charge in [0.1, 0.15) is 5.67 Å². The highest BCUT2D eigenvalue weighted by Gasteiger charge is 2.52. The highest BCUT2D eigenvalue weighted by molar-refractivity contribution is 5.06. The molecule has 1 aliphatic carbocycles. The van der Waals surface area contributed by atoms with Gasteiger partial charge in [-0.1, -0.05) is 13.8 Å². The molecule has 0 atom stereocenters. The molecule has 0 N–H and O–H groups in total. The molecule has 3 aliphatic heterocycles. The number of rotatable bonds is 7. The predicted octanol–water partition coefficient (Wildman–Crippen LogP) is 3.64. The second-order valence-electron chi connectivity index (χ2n) is 11.2. The Bertz CT molecular complexity index is 492. The van der Waals surface area contributed by atoms with Crippen LogP contribution in [0.5, 0.6) is 0 Å². The Balaban J connectivity index is 1.17. The van der Waals surface area contributed by atoms with E-state index in [4.69, 9.17) is 0 Å². The van der Waals surface area contributed by atoms with Crippen molar-refractivity contribution < 1.29 is 4.39 Å². The molecule has 150 valence electrons. The Hall–Kier alpha value is -0.190. The van der Waals surface area contributed by atoms with Crippen LogP contribution in [0, 0.1) is 16.7 Å². The number of halogens is 1. The number of piperidine rings is 1. The zero-order chi connectivity index (χ0) is 18.6. The second-order valence-corrected chi connectivity index (χ2v) is 11.2. The monoisotopic (exact) mass is 365 g/mol. The summed E-state index contributed by atoms with van der Waals surface area (Å²) in [5.74, 6) is 0.833. The molecule has 1 spiro atoms. The Kier molecular flexibility index (Phi) is 4.93. The minimum atomic E-state index is -0.943. The fourth-order valence-electron chi connectivity index (χ4n) is 6.01. The molecule has 0 aromatic rings. The highest BCUT2D eigenvalue weighted by Crippen LogP contribution is 2.52. The van der Waals surface area contributed by atoms with Crippen LogP contribution in [0.15, 0.2) is 0 Å². The van der Waals surface area contributed by atoms with Gasteiger partial charge in [-0.2, -0.15) is 0 Å². The molecule has 0 unspecified atom stereocenters. The Morgan fingerprint density at radius 2 is 1.42 bits per heavy atom. The van der Waals surface area contributed by atoms with Gasteiger partial charge in [0.05, 0.1) is 0 Å². The molecule has 3 nitrogen and oxygen atoms in total. The van der Waals surface area contributed by atoms with Gasteiger partial charge in [0, 0.05) is 45.3 Å². The van der Waals surface area contributed by atoms with Gasteiger partial charge in [0.2, 0.25) is 0 Å². The lowest BCUT2D eigenvalue weighted by Gasteiger charge is -2.57. The van der Waals surface area contributed by atoms with Crippen molar-refractivity contribution in [3.8, 4) is 0 Å². The molecular weight excluding hydrogens is 325 g/mol. The van der Waals surface area contributed by atoms with Crippen molar-refractivity contribution in [2.24, 2.45) is 16.7 Å². The van der Waals surface area contributed by atoms with E-state index in [1.54, 1.807) is 0 Å². The number of alkyl halides is 1. The maximum Gasteiger partial charge on any atom is 0.148 e. The van der Waals surface area contributed by atoms with E-state index >= 15 is 0 Å². The maximum absolute atomic E-state index is 14.8. The van der Waals surface area contributed by atoms with Crippen LogP contribution in [0.25, 0.3) is 0 Å². The third-order valence-corrected chi connectivity index (χ3v) is 7.60. The van der Waals surface area contributed by atoms with E-state index in [0.717, 1.165) is 19.0 Å². The van der Waals surface area contributed by atoms with Gasteiger partial charge in [-0.05, 0) is 75.8 Å². The van der Waals surface area contributed by atoms with Gasteiger partial charge in [0.25, 0.3) is 0 Å².